The maximum atomic E-state index is 11.6. The summed E-state index contributed by atoms with van der Waals surface area (Å²) in [5, 5.41) is 0. The van der Waals surface area contributed by atoms with Crippen molar-refractivity contribution in [2.45, 2.75) is 25.9 Å². The minimum absolute atomic E-state index is 0.153. The van der Waals surface area contributed by atoms with Crippen molar-refractivity contribution in [1.29, 1.82) is 0 Å². The predicted molar refractivity (Wildman–Crippen MR) is 86.4 cm³/mol. The van der Waals surface area contributed by atoms with Gasteiger partial charge in [-0.3, -0.25) is 4.79 Å². The molecule has 0 N–H and O–H groups in total. The van der Waals surface area contributed by atoms with Gasteiger partial charge in [0.2, 0.25) is 0 Å². The van der Waals surface area contributed by atoms with Crippen molar-refractivity contribution in [3.05, 3.63) is 71.8 Å². The maximum Gasteiger partial charge on any atom is 0.305 e. The van der Waals surface area contributed by atoms with Gasteiger partial charge in [-0.2, -0.15) is 0 Å². The smallest absolute Gasteiger partial charge is 0.305 e. The van der Waals surface area contributed by atoms with E-state index in [4.69, 9.17) is 9.47 Å². The minimum Gasteiger partial charge on any atom is -0.465 e. The Labute approximate surface area is 131 Å². The highest BCUT2D eigenvalue weighted by Gasteiger charge is 2.03. The molecule has 0 heterocycles. The second-order valence-corrected chi connectivity index (χ2v) is 5.10. The molecule has 0 unspecified atom stereocenters. The lowest BCUT2D eigenvalue weighted by atomic mass is 10.2. The highest BCUT2D eigenvalue weighted by atomic mass is 16.5. The molecule has 0 fully saturated rings. The van der Waals surface area contributed by atoms with Crippen LogP contribution in [0.2, 0.25) is 0 Å². The third-order valence-electron chi connectivity index (χ3n) is 3.28. The Bertz CT molecular complexity index is 537. The van der Waals surface area contributed by atoms with E-state index in [0.717, 1.165) is 12.0 Å². The fourth-order valence-corrected chi connectivity index (χ4v) is 2.08. The monoisotopic (exact) mass is 298 g/mol. The van der Waals surface area contributed by atoms with Crippen LogP contribution in [0, 0.1) is 0 Å². The zero-order chi connectivity index (χ0) is 15.5. The van der Waals surface area contributed by atoms with Gasteiger partial charge in [0.15, 0.2) is 0 Å². The van der Waals surface area contributed by atoms with Crippen LogP contribution in [0.1, 0.15) is 24.0 Å². The van der Waals surface area contributed by atoms with Gasteiger partial charge in [-0.05, 0) is 17.5 Å². The van der Waals surface area contributed by atoms with Gasteiger partial charge in [0.05, 0.1) is 13.2 Å². The van der Waals surface area contributed by atoms with E-state index >= 15 is 0 Å². The third-order valence-corrected chi connectivity index (χ3v) is 3.28. The molecule has 0 aliphatic heterocycles. The van der Waals surface area contributed by atoms with Crippen LogP contribution < -0.4 is 0 Å². The Balaban J connectivity index is 1.49. The van der Waals surface area contributed by atoms with Gasteiger partial charge >= 0.3 is 5.97 Å². The molecule has 22 heavy (non-hydrogen) atoms. The van der Waals surface area contributed by atoms with Crippen LogP contribution in [-0.2, 0) is 27.3 Å². The predicted octanol–water partition coefficient (Wildman–Crippen LogP) is 3.77. The van der Waals surface area contributed by atoms with Crippen molar-refractivity contribution in [1.82, 2.24) is 0 Å². The first-order chi connectivity index (χ1) is 10.8. The Morgan fingerprint density at radius 1 is 0.818 bits per heavy atom. The van der Waals surface area contributed by atoms with Crippen molar-refractivity contribution >= 4 is 5.97 Å². The fraction of sp³-hybridized carbons (Fsp3) is 0.316. The molecule has 0 radical (unpaired) electrons. The lowest BCUT2D eigenvalue weighted by molar-refractivity contribution is -0.143. The zero-order valence-corrected chi connectivity index (χ0v) is 12.7. The summed E-state index contributed by atoms with van der Waals surface area (Å²) in [6, 6.07) is 20.0. The van der Waals surface area contributed by atoms with Crippen LogP contribution in [-0.4, -0.2) is 19.2 Å². The Morgan fingerprint density at radius 3 is 2.14 bits per heavy atom. The van der Waals surface area contributed by atoms with Crippen molar-refractivity contribution in [2.75, 3.05) is 13.2 Å². The fourth-order valence-electron chi connectivity index (χ4n) is 2.08. The van der Waals surface area contributed by atoms with Crippen LogP contribution in [0.4, 0.5) is 0 Å². The molecule has 0 atom stereocenters. The summed E-state index contributed by atoms with van der Waals surface area (Å²) in [6.07, 6.45) is 1.86. The van der Waals surface area contributed by atoms with E-state index in [0.29, 0.717) is 32.7 Å². The summed E-state index contributed by atoms with van der Waals surface area (Å²) < 4.78 is 10.8. The topological polar surface area (TPSA) is 35.5 Å². The second-order valence-electron chi connectivity index (χ2n) is 5.10. The van der Waals surface area contributed by atoms with Gasteiger partial charge < -0.3 is 9.47 Å². The van der Waals surface area contributed by atoms with E-state index in [1.807, 2.05) is 60.7 Å². The maximum absolute atomic E-state index is 11.6. The standard InChI is InChI=1S/C19H22O3/c20-19(22-15-13-17-8-3-1-4-9-17)12-7-14-21-16-18-10-5-2-6-11-18/h1-6,8-11H,7,12-16H2. The number of benzene rings is 2. The number of carbonyl (C=O) groups excluding carboxylic acids is 1. The SMILES string of the molecule is O=C(CCCOCc1ccccc1)OCCc1ccccc1. The molecular formula is C19H22O3. The largest absolute Gasteiger partial charge is 0.465 e. The lowest BCUT2D eigenvalue weighted by Gasteiger charge is -2.06. The molecule has 0 aromatic heterocycles. The average molecular weight is 298 g/mol. The second kappa shape index (κ2) is 9.74. The van der Waals surface area contributed by atoms with Crippen molar-refractivity contribution in [3.63, 3.8) is 0 Å². The molecular weight excluding hydrogens is 276 g/mol. The van der Waals surface area contributed by atoms with Gasteiger partial charge in [-0.1, -0.05) is 60.7 Å². The Morgan fingerprint density at radius 2 is 1.45 bits per heavy atom. The molecule has 0 saturated heterocycles. The molecule has 2 aromatic rings. The Hall–Kier alpha value is -2.13. The van der Waals surface area contributed by atoms with E-state index in [1.165, 1.54) is 5.56 Å². The molecule has 3 nitrogen and oxygen atoms in total. The van der Waals surface area contributed by atoms with Crippen LogP contribution in [0.5, 0.6) is 0 Å². The molecule has 3 heteroatoms. The first kappa shape index (κ1) is 16.2. The third kappa shape index (κ3) is 6.55. The van der Waals surface area contributed by atoms with Crippen molar-refractivity contribution < 1.29 is 14.3 Å². The summed E-state index contributed by atoms with van der Waals surface area (Å²) in [7, 11) is 0. The highest BCUT2D eigenvalue weighted by molar-refractivity contribution is 5.69. The van der Waals surface area contributed by atoms with Gasteiger partial charge in [-0.25, -0.2) is 0 Å². The molecule has 2 aromatic carbocycles. The molecule has 0 amide bonds. The van der Waals surface area contributed by atoms with Crippen LogP contribution >= 0.6 is 0 Å². The molecule has 0 saturated carbocycles. The highest BCUT2D eigenvalue weighted by Crippen LogP contribution is 2.03. The summed E-state index contributed by atoms with van der Waals surface area (Å²) in [4.78, 5) is 11.6. The van der Waals surface area contributed by atoms with E-state index in [-0.39, 0.29) is 5.97 Å². The first-order valence-electron chi connectivity index (χ1n) is 7.66. The first-order valence-corrected chi connectivity index (χ1v) is 7.66. The van der Waals surface area contributed by atoms with Gasteiger partial charge in [0.1, 0.15) is 0 Å². The normalized spacial score (nSPS) is 10.4. The zero-order valence-electron chi connectivity index (χ0n) is 12.7. The van der Waals surface area contributed by atoms with E-state index < -0.39 is 0 Å². The number of hydrogen-bond donors (Lipinski definition) is 0. The van der Waals surface area contributed by atoms with Crippen LogP contribution in [0.3, 0.4) is 0 Å². The molecule has 0 aliphatic carbocycles. The van der Waals surface area contributed by atoms with Gasteiger partial charge in [-0.15, -0.1) is 0 Å². The number of hydrogen-bond acceptors (Lipinski definition) is 3. The summed E-state index contributed by atoms with van der Waals surface area (Å²) in [5.41, 5.74) is 2.33. The summed E-state index contributed by atoms with van der Waals surface area (Å²) in [5.74, 6) is -0.153. The molecule has 0 aliphatic rings. The van der Waals surface area contributed by atoms with Gasteiger partial charge in [0, 0.05) is 19.4 Å². The average Bonchev–Trinajstić information content (AvgIpc) is 2.56. The van der Waals surface area contributed by atoms with Crippen molar-refractivity contribution in [3.8, 4) is 0 Å². The molecule has 2 rings (SSSR count). The summed E-state index contributed by atoms with van der Waals surface area (Å²) >= 11 is 0. The van der Waals surface area contributed by atoms with Gasteiger partial charge in [0.25, 0.3) is 0 Å². The quantitative estimate of drug-likeness (QED) is 0.522. The molecule has 116 valence electrons. The number of ether oxygens (including phenoxy) is 2. The Kier molecular flexibility index (Phi) is 7.19. The number of carbonyl (C=O) groups is 1. The van der Waals surface area contributed by atoms with E-state index in [1.54, 1.807) is 0 Å². The molecule has 0 spiro atoms. The van der Waals surface area contributed by atoms with E-state index in [9.17, 15) is 4.79 Å². The molecule has 0 bridgehead atoms. The summed E-state index contributed by atoms with van der Waals surface area (Å²) in [6.45, 7) is 1.60. The lowest BCUT2D eigenvalue weighted by Crippen LogP contribution is -2.08. The number of rotatable bonds is 9. The van der Waals surface area contributed by atoms with E-state index in [2.05, 4.69) is 0 Å². The minimum atomic E-state index is -0.153. The van der Waals surface area contributed by atoms with Crippen molar-refractivity contribution in [2.24, 2.45) is 0 Å². The number of esters is 1. The van der Waals surface area contributed by atoms with Crippen LogP contribution in [0.25, 0.3) is 0 Å². The van der Waals surface area contributed by atoms with Crippen LogP contribution in [0.15, 0.2) is 60.7 Å².